The van der Waals surface area contributed by atoms with E-state index in [2.05, 4.69) is 6.58 Å². The second-order valence-corrected chi connectivity index (χ2v) is 12.3. The van der Waals surface area contributed by atoms with Crippen LogP contribution in [0.2, 0.25) is 15.1 Å². The highest BCUT2D eigenvalue weighted by Crippen LogP contribution is 2.69. The third-order valence-electron chi connectivity index (χ3n) is 1.99. The zero-order valence-electron chi connectivity index (χ0n) is 10.8. The molecule has 0 aliphatic heterocycles. The van der Waals surface area contributed by atoms with Crippen molar-refractivity contribution in [2.45, 2.75) is 13.3 Å². The summed E-state index contributed by atoms with van der Waals surface area (Å²) in [7, 11) is 0. The molecule has 2 nitrogen and oxygen atoms in total. The molecule has 0 radical (unpaired) electrons. The van der Waals surface area contributed by atoms with Crippen LogP contribution in [0.3, 0.4) is 0 Å². The lowest BCUT2D eigenvalue weighted by atomic mass is 10.3. The Morgan fingerprint density at radius 3 is 2.50 bits per heavy atom. The number of benzene rings is 1. The quantitative estimate of drug-likeness (QED) is 0.266. The maximum Gasteiger partial charge on any atom is 0.360 e. The summed E-state index contributed by atoms with van der Waals surface area (Å²) in [6.07, 6.45) is 2.59. The van der Waals surface area contributed by atoms with E-state index in [4.69, 9.17) is 39.3 Å². The van der Waals surface area contributed by atoms with Crippen molar-refractivity contribution in [3.05, 3.63) is 39.9 Å². The standard InChI is InChI=1S/C12H14Cl3O2PS2/c1-3-5-19-18(16,20-6-4-2)17-12-8-10(14)9(13)7-11(12)15/h3,7-8H,1,4-6H2,2H3. The zero-order chi connectivity index (χ0) is 15.2. The highest BCUT2D eigenvalue weighted by atomic mass is 35.5. The molecule has 1 aromatic carbocycles. The average molecular weight is 392 g/mol. The van der Waals surface area contributed by atoms with E-state index in [0.29, 0.717) is 15.8 Å². The van der Waals surface area contributed by atoms with Gasteiger partial charge in [0.05, 0.1) is 15.1 Å². The fourth-order valence-corrected chi connectivity index (χ4v) is 8.02. The second-order valence-electron chi connectivity index (χ2n) is 3.65. The van der Waals surface area contributed by atoms with Crippen LogP contribution < -0.4 is 4.52 Å². The van der Waals surface area contributed by atoms with Crippen LogP contribution in [0, 0.1) is 0 Å². The summed E-state index contributed by atoms with van der Waals surface area (Å²) in [5, 5.41) is 0.932. The lowest BCUT2D eigenvalue weighted by Crippen LogP contribution is -1.90. The summed E-state index contributed by atoms with van der Waals surface area (Å²) in [4.78, 5) is 0. The molecule has 0 amide bonds. The van der Waals surface area contributed by atoms with Crippen molar-refractivity contribution in [2.75, 3.05) is 11.5 Å². The van der Waals surface area contributed by atoms with Gasteiger partial charge in [0.2, 0.25) is 0 Å². The van der Waals surface area contributed by atoms with Gasteiger partial charge >= 0.3 is 5.77 Å². The molecule has 0 aliphatic carbocycles. The zero-order valence-corrected chi connectivity index (χ0v) is 15.6. The van der Waals surface area contributed by atoms with Crippen molar-refractivity contribution in [1.82, 2.24) is 0 Å². The molecule has 8 heteroatoms. The van der Waals surface area contributed by atoms with E-state index in [0.717, 1.165) is 12.2 Å². The van der Waals surface area contributed by atoms with Gasteiger partial charge in [-0.1, -0.05) is 47.8 Å². The molecule has 112 valence electrons. The second kappa shape index (κ2) is 8.87. The number of hydrogen-bond donors (Lipinski definition) is 0. The van der Waals surface area contributed by atoms with Gasteiger partial charge in [-0.3, -0.25) is 4.57 Å². The van der Waals surface area contributed by atoms with Gasteiger partial charge in [-0.05, 0) is 35.3 Å². The molecular weight excluding hydrogens is 378 g/mol. The van der Waals surface area contributed by atoms with Gasteiger partial charge in [-0.15, -0.1) is 6.58 Å². The first-order chi connectivity index (χ1) is 9.41. The third-order valence-corrected chi connectivity index (χ3v) is 10.3. The molecule has 0 N–H and O–H groups in total. The first kappa shape index (κ1) is 18.6. The Hall–Kier alpha value is 0.560. The Morgan fingerprint density at radius 2 is 1.90 bits per heavy atom. The summed E-state index contributed by atoms with van der Waals surface area (Å²) in [6.45, 7) is 5.64. The molecule has 1 rings (SSSR count). The van der Waals surface area contributed by atoms with Crippen LogP contribution >= 0.6 is 63.3 Å². The summed E-state index contributed by atoms with van der Waals surface area (Å²) in [5.74, 6) is -1.41. The molecule has 0 saturated heterocycles. The molecule has 0 bridgehead atoms. The molecule has 0 heterocycles. The van der Waals surface area contributed by atoms with Gasteiger partial charge < -0.3 is 4.52 Å². The Labute approximate surface area is 142 Å². The van der Waals surface area contributed by atoms with Gasteiger partial charge in [-0.25, -0.2) is 0 Å². The predicted molar refractivity (Wildman–Crippen MR) is 95.1 cm³/mol. The minimum Gasteiger partial charge on any atom is -0.427 e. The Morgan fingerprint density at radius 1 is 1.25 bits per heavy atom. The van der Waals surface area contributed by atoms with Gasteiger partial charge in [-0.2, -0.15) is 0 Å². The summed E-state index contributed by atoms with van der Waals surface area (Å²) in [6, 6.07) is 2.97. The molecule has 1 aromatic rings. The maximum absolute atomic E-state index is 12.8. The van der Waals surface area contributed by atoms with E-state index >= 15 is 0 Å². The smallest absolute Gasteiger partial charge is 0.360 e. The third kappa shape index (κ3) is 5.75. The van der Waals surface area contributed by atoms with Crippen LogP contribution in [0.15, 0.2) is 24.8 Å². The lowest BCUT2D eigenvalue weighted by Gasteiger charge is -2.18. The van der Waals surface area contributed by atoms with Gasteiger partial charge in [0.25, 0.3) is 0 Å². The van der Waals surface area contributed by atoms with Gasteiger partial charge in [0.1, 0.15) is 5.75 Å². The highest BCUT2D eigenvalue weighted by molar-refractivity contribution is 8.89. The van der Waals surface area contributed by atoms with E-state index in [1.54, 1.807) is 6.08 Å². The van der Waals surface area contributed by atoms with Crippen molar-refractivity contribution in [3.8, 4) is 5.75 Å². The minimum atomic E-state index is -2.96. The average Bonchev–Trinajstić information content (AvgIpc) is 2.40. The molecule has 0 fully saturated rings. The summed E-state index contributed by atoms with van der Waals surface area (Å²) in [5.41, 5.74) is 0. The molecule has 0 saturated carbocycles. The molecule has 0 aromatic heterocycles. The Bertz CT molecular complexity index is 526. The van der Waals surface area contributed by atoms with Crippen molar-refractivity contribution in [2.24, 2.45) is 0 Å². The molecule has 0 spiro atoms. The largest absolute Gasteiger partial charge is 0.427 e. The summed E-state index contributed by atoms with van der Waals surface area (Å²) < 4.78 is 18.4. The Balaban J connectivity index is 2.96. The van der Waals surface area contributed by atoms with Crippen LogP contribution in [-0.4, -0.2) is 11.5 Å². The normalized spacial score (nSPS) is 13.8. The lowest BCUT2D eigenvalue weighted by molar-refractivity contribution is 0.515. The maximum atomic E-state index is 12.8. The van der Waals surface area contributed by atoms with E-state index < -0.39 is 5.77 Å². The predicted octanol–water partition coefficient (Wildman–Crippen LogP) is 7.20. The van der Waals surface area contributed by atoms with Gasteiger partial charge in [0.15, 0.2) is 0 Å². The number of halogens is 3. The van der Waals surface area contributed by atoms with Crippen LogP contribution in [0.4, 0.5) is 0 Å². The Kier molecular flexibility index (Phi) is 8.25. The number of hydrogen-bond acceptors (Lipinski definition) is 4. The first-order valence-electron chi connectivity index (χ1n) is 5.76. The van der Waals surface area contributed by atoms with Crippen LogP contribution in [-0.2, 0) is 4.57 Å². The fourth-order valence-electron chi connectivity index (χ4n) is 1.13. The van der Waals surface area contributed by atoms with Crippen molar-refractivity contribution < 1.29 is 9.09 Å². The molecule has 0 aliphatic rings. The van der Waals surface area contributed by atoms with Gasteiger partial charge in [0, 0.05) is 17.6 Å². The van der Waals surface area contributed by atoms with E-state index in [9.17, 15) is 4.57 Å². The van der Waals surface area contributed by atoms with Crippen molar-refractivity contribution in [3.63, 3.8) is 0 Å². The topological polar surface area (TPSA) is 26.3 Å². The first-order valence-corrected chi connectivity index (χ1v) is 11.7. The monoisotopic (exact) mass is 390 g/mol. The van der Waals surface area contributed by atoms with E-state index in [-0.39, 0.29) is 10.8 Å². The molecule has 1 unspecified atom stereocenters. The van der Waals surface area contributed by atoms with Crippen LogP contribution in [0.25, 0.3) is 0 Å². The molecular formula is C12H14Cl3O2PS2. The SMILES string of the molecule is C=CCSP(=O)(Oc1cc(Cl)c(Cl)cc1Cl)SCCC. The highest BCUT2D eigenvalue weighted by Gasteiger charge is 2.27. The van der Waals surface area contributed by atoms with Crippen molar-refractivity contribution in [1.29, 1.82) is 0 Å². The van der Waals surface area contributed by atoms with E-state index in [1.165, 1.54) is 34.9 Å². The van der Waals surface area contributed by atoms with Crippen LogP contribution in [0.1, 0.15) is 13.3 Å². The fraction of sp³-hybridized carbons (Fsp3) is 0.333. The molecule has 20 heavy (non-hydrogen) atoms. The van der Waals surface area contributed by atoms with Crippen LogP contribution in [0.5, 0.6) is 5.75 Å². The summed E-state index contributed by atoms with van der Waals surface area (Å²) >= 11 is 20.4. The molecule has 1 atom stereocenters. The van der Waals surface area contributed by atoms with Crippen molar-refractivity contribution >= 4 is 63.3 Å². The number of rotatable bonds is 8. The minimum absolute atomic E-state index is 0.282. The van der Waals surface area contributed by atoms with E-state index in [1.807, 2.05) is 6.92 Å².